The third-order valence-electron chi connectivity index (χ3n) is 4.03. The zero-order chi connectivity index (χ0) is 19.1. The van der Waals surface area contributed by atoms with Crippen molar-refractivity contribution in [2.75, 3.05) is 18.5 Å². The number of hydrogen-bond acceptors (Lipinski definition) is 6. The molecule has 0 radical (unpaired) electrons. The van der Waals surface area contributed by atoms with Crippen molar-refractivity contribution in [1.29, 1.82) is 0 Å². The Morgan fingerprint density at radius 2 is 2.00 bits per heavy atom. The van der Waals surface area contributed by atoms with Gasteiger partial charge in [-0.15, -0.1) is 0 Å². The number of pyridine rings is 1. The van der Waals surface area contributed by atoms with Crippen LogP contribution in [0.1, 0.15) is 12.0 Å². The summed E-state index contributed by atoms with van der Waals surface area (Å²) in [4.78, 5) is 20.8. The van der Waals surface area contributed by atoms with E-state index < -0.39 is 0 Å². The van der Waals surface area contributed by atoms with Gasteiger partial charge in [-0.1, -0.05) is 12.1 Å². The number of ether oxygens (including phenoxy) is 1. The third kappa shape index (κ3) is 4.92. The van der Waals surface area contributed by atoms with Crippen LogP contribution in [0.5, 0.6) is 5.75 Å². The van der Waals surface area contributed by atoms with Gasteiger partial charge in [-0.3, -0.25) is 14.3 Å². The molecule has 2 aromatic heterocycles. The molecule has 27 heavy (non-hydrogen) atoms. The van der Waals surface area contributed by atoms with Crippen LogP contribution in [-0.2, 0) is 13.6 Å². The number of hydrogen-bond donors (Lipinski definition) is 2. The monoisotopic (exact) mass is 366 g/mol. The summed E-state index contributed by atoms with van der Waals surface area (Å²) in [6.07, 6.45) is 3.93. The molecule has 0 aliphatic rings. The standard InChI is InChI=1S/C20H22N4O3/c1-24-19(26)13-18(16-6-8-21-9-7-16)23-20(24)22-14-15-4-2-5-17(12-15)27-11-3-10-25/h2,4-9,12-13,25H,3,10-11,14H2,1H3,(H,22,23). The Morgan fingerprint density at radius 1 is 1.19 bits per heavy atom. The molecule has 3 aromatic rings. The summed E-state index contributed by atoms with van der Waals surface area (Å²) in [6.45, 7) is 1.07. The summed E-state index contributed by atoms with van der Waals surface area (Å²) < 4.78 is 7.07. The SMILES string of the molecule is Cn1c(NCc2cccc(OCCCO)c2)nc(-c2ccncc2)cc1=O. The lowest BCUT2D eigenvalue weighted by molar-refractivity contribution is 0.233. The lowest BCUT2D eigenvalue weighted by atomic mass is 10.2. The van der Waals surface area contributed by atoms with Crippen molar-refractivity contribution < 1.29 is 9.84 Å². The summed E-state index contributed by atoms with van der Waals surface area (Å²) in [5.41, 5.74) is 2.30. The van der Waals surface area contributed by atoms with E-state index in [9.17, 15) is 4.79 Å². The van der Waals surface area contributed by atoms with Crippen molar-refractivity contribution in [3.8, 4) is 17.0 Å². The minimum absolute atomic E-state index is 0.106. The molecule has 0 saturated heterocycles. The second-order valence-electron chi connectivity index (χ2n) is 6.02. The van der Waals surface area contributed by atoms with Crippen LogP contribution < -0.4 is 15.6 Å². The first-order chi connectivity index (χ1) is 13.2. The third-order valence-corrected chi connectivity index (χ3v) is 4.03. The maximum Gasteiger partial charge on any atom is 0.255 e. The largest absolute Gasteiger partial charge is 0.493 e. The van der Waals surface area contributed by atoms with Gasteiger partial charge in [-0.05, 0) is 29.8 Å². The van der Waals surface area contributed by atoms with Gasteiger partial charge >= 0.3 is 0 Å². The van der Waals surface area contributed by atoms with Crippen molar-refractivity contribution in [2.45, 2.75) is 13.0 Å². The van der Waals surface area contributed by atoms with Gasteiger partial charge in [-0.2, -0.15) is 0 Å². The highest BCUT2D eigenvalue weighted by Crippen LogP contribution is 2.17. The number of aliphatic hydroxyl groups excluding tert-OH is 1. The first-order valence-electron chi connectivity index (χ1n) is 8.72. The highest BCUT2D eigenvalue weighted by atomic mass is 16.5. The minimum atomic E-state index is -0.139. The molecule has 0 aliphatic carbocycles. The molecule has 0 aliphatic heterocycles. The Balaban J connectivity index is 1.75. The quantitative estimate of drug-likeness (QED) is 0.594. The Bertz CT molecular complexity index is 941. The zero-order valence-corrected chi connectivity index (χ0v) is 15.1. The molecule has 0 bridgehead atoms. The van der Waals surface area contributed by atoms with Gasteiger partial charge in [-0.25, -0.2) is 4.98 Å². The molecule has 140 valence electrons. The number of benzene rings is 1. The zero-order valence-electron chi connectivity index (χ0n) is 15.1. The fourth-order valence-corrected chi connectivity index (χ4v) is 2.55. The lowest BCUT2D eigenvalue weighted by Gasteiger charge is -2.12. The van der Waals surface area contributed by atoms with Gasteiger partial charge in [0.05, 0.1) is 12.3 Å². The molecular weight excluding hydrogens is 344 g/mol. The summed E-state index contributed by atoms with van der Waals surface area (Å²) in [5, 5.41) is 12.0. The Kier molecular flexibility index (Phi) is 6.17. The van der Waals surface area contributed by atoms with Gasteiger partial charge in [0, 0.05) is 50.6 Å². The van der Waals surface area contributed by atoms with E-state index in [1.807, 2.05) is 36.4 Å². The molecule has 0 unspecified atom stereocenters. The normalized spacial score (nSPS) is 10.6. The predicted octanol–water partition coefficient (Wildman–Crippen LogP) is 2.22. The van der Waals surface area contributed by atoms with Gasteiger partial charge < -0.3 is 15.2 Å². The van der Waals surface area contributed by atoms with E-state index in [-0.39, 0.29) is 12.2 Å². The molecule has 7 heteroatoms. The minimum Gasteiger partial charge on any atom is -0.493 e. The van der Waals surface area contributed by atoms with E-state index in [2.05, 4.69) is 15.3 Å². The van der Waals surface area contributed by atoms with E-state index in [0.717, 1.165) is 16.9 Å². The molecule has 2 N–H and O–H groups in total. The van der Waals surface area contributed by atoms with Crippen LogP contribution >= 0.6 is 0 Å². The smallest absolute Gasteiger partial charge is 0.255 e. The number of aromatic nitrogens is 3. The molecule has 0 atom stereocenters. The van der Waals surface area contributed by atoms with E-state index in [0.29, 0.717) is 31.2 Å². The van der Waals surface area contributed by atoms with Crippen LogP contribution in [0.4, 0.5) is 5.95 Å². The first kappa shape index (κ1) is 18.6. The van der Waals surface area contributed by atoms with Gasteiger partial charge in [0.15, 0.2) is 0 Å². The highest BCUT2D eigenvalue weighted by molar-refractivity contribution is 5.59. The summed E-state index contributed by atoms with van der Waals surface area (Å²) >= 11 is 0. The van der Waals surface area contributed by atoms with Crippen LogP contribution in [0.15, 0.2) is 59.7 Å². The van der Waals surface area contributed by atoms with Crippen LogP contribution in [0.25, 0.3) is 11.3 Å². The summed E-state index contributed by atoms with van der Waals surface area (Å²) in [5.74, 6) is 1.23. The number of nitrogens with zero attached hydrogens (tertiary/aromatic N) is 3. The molecule has 1 aromatic carbocycles. The van der Waals surface area contributed by atoms with Gasteiger partial charge in [0.2, 0.25) is 5.95 Å². The van der Waals surface area contributed by atoms with E-state index >= 15 is 0 Å². The van der Waals surface area contributed by atoms with Crippen molar-refractivity contribution in [1.82, 2.24) is 14.5 Å². The Labute approximate surface area is 157 Å². The van der Waals surface area contributed by atoms with Crippen molar-refractivity contribution in [3.63, 3.8) is 0 Å². The number of anilines is 1. The van der Waals surface area contributed by atoms with Crippen LogP contribution in [-0.4, -0.2) is 32.9 Å². The lowest BCUT2D eigenvalue weighted by Crippen LogP contribution is -2.21. The maximum atomic E-state index is 12.3. The Morgan fingerprint density at radius 3 is 2.78 bits per heavy atom. The number of aliphatic hydroxyl groups is 1. The molecule has 0 fully saturated rings. The molecule has 0 amide bonds. The fraction of sp³-hybridized carbons (Fsp3) is 0.250. The fourth-order valence-electron chi connectivity index (χ4n) is 2.55. The Hall–Kier alpha value is -3.19. The summed E-state index contributed by atoms with van der Waals surface area (Å²) in [6, 6.07) is 12.8. The average Bonchev–Trinajstić information content (AvgIpc) is 2.70. The average molecular weight is 366 g/mol. The predicted molar refractivity (Wildman–Crippen MR) is 104 cm³/mol. The van der Waals surface area contributed by atoms with Gasteiger partial charge in [0.25, 0.3) is 5.56 Å². The molecule has 0 spiro atoms. The van der Waals surface area contributed by atoms with E-state index in [1.165, 1.54) is 10.6 Å². The van der Waals surface area contributed by atoms with Gasteiger partial charge in [0.1, 0.15) is 5.75 Å². The molecule has 3 rings (SSSR count). The number of nitrogens with one attached hydrogen (secondary N) is 1. The van der Waals surface area contributed by atoms with Crippen molar-refractivity contribution in [3.05, 3.63) is 70.8 Å². The van der Waals surface area contributed by atoms with Crippen LogP contribution in [0.3, 0.4) is 0 Å². The molecule has 0 saturated carbocycles. The number of rotatable bonds is 8. The highest BCUT2D eigenvalue weighted by Gasteiger charge is 2.08. The summed E-state index contributed by atoms with van der Waals surface area (Å²) in [7, 11) is 1.68. The first-order valence-corrected chi connectivity index (χ1v) is 8.72. The van der Waals surface area contributed by atoms with E-state index in [1.54, 1.807) is 19.4 Å². The maximum absolute atomic E-state index is 12.3. The van der Waals surface area contributed by atoms with Crippen LogP contribution in [0, 0.1) is 0 Å². The van der Waals surface area contributed by atoms with E-state index in [4.69, 9.17) is 9.84 Å². The molecule has 7 nitrogen and oxygen atoms in total. The molecule has 2 heterocycles. The molecular formula is C20H22N4O3. The second-order valence-corrected chi connectivity index (χ2v) is 6.02. The topological polar surface area (TPSA) is 89.3 Å². The van der Waals surface area contributed by atoms with Crippen LogP contribution in [0.2, 0.25) is 0 Å². The second kappa shape index (κ2) is 8.95. The van der Waals surface area contributed by atoms with Crippen molar-refractivity contribution >= 4 is 5.95 Å². The van der Waals surface area contributed by atoms with Crippen molar-refractivity contribution in [2.24, 2.45) is 7.05 Å².